The van der Waals surface area contributed by atoms with Crippen LogP contribution in [0.3, 0.4) is 0 Å². The highest BCUT2D eigenvalue weighted by atomic mass is 127. The molecule has 0 aliphatic carbocycles. The average molecular weight is 416 g/mol. The number of rotatable bonds is 3. The van der Waals surface area contributed by atoms with Crippen molar-refractivity contribution in [3.8, 4) is 0 Å². The number of guanidine groups is 1. The highest BCUT2D eigenvalue weighted by Crippen LogP contribution is 2.20. The number of hydrogen-bond acceptors (Lipinski definition) is 2. The van der Waals surface area contributed by atoms with Gasteiger partial charge in [-0.2, -0.15) is 0 Å². The maximum absolute atomic E-state index is 4.78. The van der Waals surface area contributed by atoms with Crippen LogP contribution in [0, 0.1) is 0 Å². The molecule has 2 rings (SSSR count). The summed E-state index contributed by atoms with van der Waals surface area (Å²) in [4.78, 5) is 11.5. The maximum atomic E-state index is 4.78. The molecule has 1 aromatic carbocycles. The van der Waals surface area contributed by atoms with Crippen LogP contribution < -0.4 is 0 Å². The van der Waals surface area contributed by atoms with Crippen molar-refractivity contribution in [1.82, 2.24) is 14.7 Å². The fourth-order valence-corrected chi connectivity index (χ4v) is 2.91. The Morgan fingerprint density at radius 2 is 1.73 bits per heavy atom. The lowest BCUT2D eigenvalue weighted by molar-refractivity contribution is 0.195. The molecular formula is C17H29IN4. The number of nitrogens with zero attached hydrogens (tertiary/aromatic N) is 4. The van der Waals surface area contributed by atoms with Gasteiger partial charge in [0.25, 0.3) is 0 Å². The van der Waals surface area contributed by atoms with Crippen LogP contribution in [0.4, 0.5) is 0 Å². The predicted molar refractivity (Wildman–Crippen MR) is 105 cm³/mol. The van der Waals surface area contributed by atoms with Crippen LogP contribution in [0.2, 0.25) is 0 Å². The van der Waals surface area contributed by atoms with Crippen molar-refractivity contribution in [3.05, 3.63) is 35.4 Å². The van der Waals surface area contributed by atoms with Gasteiger partial charge in [-0.05, 0) is 24.5 Å². The molecule has 0 amide bonds. The Morgan fingerprint density at radius 3 is 2.32 bits per heavy atom. The monoisotopic (exact) mass is 416 g/mol. The second-order valence-corrected chi connectivity index (χ2v) is 6.27. The summed E-state index contributed by atoms with van der Waals surface area (Å²) in [6.07, 6.45) is 1.15. The second-order valence-electron chi connectivity index (χ2n) is 6.27. The van der Waals surface area contributed by atoms with E-state index in [1.54, 1.807) is 0 Å². The van der Waals surface area contributed by atoms with Gasteiger partial charge in [0.05, 0.1) is 6.54 Å². The number of aliphatic imine (C=N–C) groups is 1. The molecule has 1 heterocycles. The molecule has 0 bridgehead atoms. The van der Waals surface area contributed by atoms with E-state index < -0.39 is 0 Å². The van der Waals surface area contributed by atoms with Crippen molar-refractivity contribution < 1.29 is 0 Å². The number of fused-ring (bicyclic) bond motifs is 1. The van der Waals surface area contributed by atoms with E-state index in [0.717, 1.165) is 32.0 Å². The van der Waals surface area contributed by atoms with Gasteiger partial charge in [0.15, 0.2) is 5.96 Å². The summed E-state index contributed by atoms with van der Waals surface area (Å²) in [6, 6.07) is 9.26. The van der Waals surface area contributed by atoms with Crippen LogP contribution in [-0.4, -0.2) is 68.0 Å². The Labute approximate surface area is 152 Å². The second kappa shape index (κ2) is 8.72. The number of halogens is 1. The minimum absolute atomic E-state index is 0. The highest BCUT2D eigenvalue weighted by molar-refractivity contribution is 14.0. The first kappa shape index (κ1) is 19.2. The van der Waals surface area contributed by atoms with Gasteiger partial charge in [0.1, 0.15) is 0 Å². The third-order valence-electron chi connectivity index (χ3n) is 4.08. The Hall–Kier alpha value is -0.820. The van der Waals surface area contributed by atoms with Gasteiger partial charge in [-0.3, -0.25) is 9.89 Å². The van der Waals surface area contributed by atoms with Gasteiger partial charge in [-0.1, -0.05) is 24.3 Å². The third-order valence-corrected chi connectivity index (χ3v) is 4.08. The minimum atomic E-state index is 0. The summed E-state index contributed by atoms with van der Waals surface area (Å²) in [6.45, 7) is 5.30. The van der Waals surface area contributed by atoms with E-state index in [1.807, 2.05) is 28.2 Å². The molecular weight excluding hydrogens is 387 g/mol. The van der Waals surface area contributed by atoms with Crippen molar-refractivity contribution in [2.24, 2.45) is 4.99 Å². The van der Waals surface area contributed by atoms with Crippen molar-refractivity contribution in [1.29, 1.82) is 0 Å². The summed E-state index contributed by atoms with van der Waals surface area (Å²) in [7, 11) is 8.17. The molecule has 1 aliphatic heterocycles. The Balaban J connectivity index is 0.00000242. The molecule has 1 aromatic rings. The van der Waals surface area contributed by atoms with E-state index in [-0.39, 0.29) is 24.0 Å². The number of hydrogen-bond donors (Lipinski definition) is 0. The molecule has 4 nitrogen and oxygen atoms in total. The third kappa shape index (κ3) is 4.84. The van der Waals surface area contributed by atoms with Crippen molar-refractivity contribution in [2.75, 3.05) is 41.3 Å². The molecule has 0 N–H and O–H groups in total. The zero-order valence-corrected chi connectivity index (χ0v) is 16.7. The van der Waals surface area contributed by atoms with Crippen LogP contribution in [0.1, 0.15) is 18.1 Å². The minimum Gasteiger partial charge on any atom is -0.349 e. The van der Waals surface area contributed by atoms with Gasteiger partial charge in [-0.15, -0.1) is 24.0 Å². The molecule has 0 aromatic heterocycles. The molecule has 22 heavy (non-hydrogen) atoms. The summed E-state index contributed by atoms with van der Waals surface area (Å²) in [5, 5.41) is 0. The van der Waals surface area contributed by atoms with Crippen molar-refractivity contribution >= 4 is 29.9 Å². The fourth-order valence-electron chi connectivity index (χ4n) is 2.91. The standard InChI is InChI=1S/C17H28N4.HI/c1-14(12-18-17(19(2)3)20(4)5)21-11-10-15-8-6-7-9-16(15)13-21;/h6-9,14H,10-13H2,1-5H3;1H. The van der Waals surface area contributed by atoms with E-state index in [1.165, 1.54) is 11.1 Å². The molecule has 1 aliphatic rings. The smallest absolute Gasteiger partial charge is 0.195 e. The Kier molecular flexibility index (Phi) is 7.62. The summed E-state index contributed by atoms with van der Waals surface area (Å²) in [5.41, 5.74) is 2.98. The van der Waals surface area contributed by atoms with E-state index >= 15 is 0 Å². The van der Waals surface area contributed by atoms with Crippen LogP contribution in [-0.2, 0) is 13.0 Å². The van der Waals surface area contributed by atoms with Gasteiger partial charge in [0, 0.05) is 47.3 Å². The molecule has 1 atom stereocenters. The lowest BCUT2D eigenvalue weighted by atomic mass is 9.99. The van der Waals surface area contributed by atoms with E-state index in [0.29, 0.717) is 6.04 Å². The van der Waals surface area contributed by atoms with Crippen molar-refractivity contribution in [2.45, 2.75) is 25.9 Å². The van der Waals surface area contributed by atoms with E-state index in [2.05, 4.69) is 45.9 Å². The molecule has 0 saturated heterocycles. The Bertz CT molecular complexity index is 489. The summed E-state index contributed by atoms with van der Waals surface area (Å²) in [5.74, 6) is 1.03. The molecule has 0 saturated carbocycles. The molecule has 1 unspecified atom stereocenters. The van der Waals surface area contributed by atoms with Gasteiger partial charge < -0.3 is 9.80 Å². The fraction of sp³-hybridized carbons (Fsp3) is 0.588. The predicted octanol–water partition coefficient (Wildman–Crippen LogP) is 2.53. The van der Waals surface area contributed by atoms with Crippen LogP contribution >= 0.6 is 24.0 Å². The van der Waals surface area contributed by atoms with Crippen LogP contribution in [0.25, 0.3) is 0 Å². The quantitative estimate of drug-likeness (QED) is 0.430. The van der Waals surface area contributed by atoms with Gasteiger partial charge >= 0.3 is 0 Å². The topological polar surface area (TPSA) is 22.1 Å². The first-order valence-electron chi connectivity index (χ1n) is 7.69. The summed E-state index contributed by atoms with van der Waals surface area (Å²) >= 11 is 0. The van der Waals surface area contributed by atoms with E-state index in [9.17, 15) is 0 Å². The average Bonchev–Trinajstić information content (AvgIpc) is 2.46. The SMILES string of the molecule is CC(CN=C(N(C)C)N(C)C)N1CCc2ccccc2C1.I. The largest absolute Gasteiger partial charge is 0.349 e. The Morgan fingerprint density at radius 1 is 1.14 bits per heavy atom. The normalized spacial score (nSPS) is 15.3. The molecule has 0 fully saturated rings. The highest BCUT2D eigenvalue weighted by Gasteiger charge is 2.20. The lowest BCUT2D eigenvalue weighted by Gasteiger charge is -2.33. The molecule has 124 valence electrons. The molecule has 0 spiro atoms. The number of benzene rings is 1. The molecule has 5 heteroatoms. The lowest BCUT2D eigenvalue weighted by Crippen LogP contribution is -2.41. The van der Waals surface area contributed by atoms with Gasteiger partial charge in [0.2, 0.25) is 0 Å². The van der Waals surface area contributed by atoms with Crippen LogP contribution in [0.15, 0.2) is 29.3 Å². The van der Waals surface area contributed by atoms with E-state index in [4.69, 9.17) is 4.99 Å². The van der Waals surface area contributed by atoms with Crippen LogP contribution in [0.5, 0.6) is 0 Å². The maximum Gasteiger partial charge on any atom is 0.195 e. The first-order valence-corrected chi connectivity index (χ1v) is 7.69. The zero-order chi connectivity index (χ0) is 15.4. The first-order chi connectivity index (χ1) is 9.99. The van der Waals surface area contributed by atoms with Crippen molar-refractivity contribution in [3.63, 3.8) is 0 Å². The molecule has 0 radical (unpaired) electrons. The zero-order valence-electron chi connectivity index (χ0n) is 14.4. The van der Waals surface area contributed by atoms with Gasteiger partial charge in [-0.25, -0.2) is 0 Å². The summed E-state index contributed by atoms with van der Waals surface area (Å²) < 4.78 is 0.